The summed E-state index contributed by atoms with van der Waals surface area (Å²) in [5, 5.41) is 1.15. The number of hydrogen-bond acceptors (Lipinski definition) is 3. The third-order valence-electron chi connectivity index (χ3n) is 4.88. The Morgan fingerprint density at radius 3 is 2.41 bits per heavy atom. The molecule has 1 aromatic heterocycles. The smallest absolute Gasteiger partial charge is 0.215 e. The molecule has 0 spiro atoms. The summed E-state index contributed by atoms with van der Waals surface area (Å²) in [4.78, 5) is 2.05. The minimum Gasteiger partial charge on any atom is -0.350 e. The van der Waals surface area contributed by atoms with Crippen molar-refractivity contribution in [2.75, 3.05) is 20.6 Å². The number of nitrogens with one attached hydrogen (secondary N) is 1. The van der Waals surface area contributed by atoms with Crippen LogP contribution in [0.4, 0.5) is 0 Å². The Kier molecular flexibility index (Phi) is 5.69. The van der Waals surface area contributed by atoms with Crippen LogP contribution in [0.1, 0.15) is 22.7 Å². The number of hydrogen-bond donors (Lipinski definition) is 1. The minimum absolute atomic E-state index is 0.0109. The lowest BCUT2D eigenvalue weighted by molar-refractivity contribution is 0.301. The Morgan fingerprint density at radius 2 is 1.74 bits per heavy atom. The van der Waals surface area contributed by atoms with Gasteiger partial charge in [0.15, 0.2) is 0 Å². The standard InChI is InChI=1S/C21H27N3O2S/c1-16-9-11-17(12-10-16)15-27(25,26)22-13-21(23(2)3)19-14-24(4)20-8-6-5-7-18(19)20/h5-12,14,21-22H,13,15H2,1-4H3. The van der Waals surface area contributed by atoms with E-state index in [1.807, 2.05) is 64.5 Å². The van der Waals surface area contributed by atoms with Crippen molar-refractivity contribution in [3.8, 4) is 0 Å². The van der Waals surface area contributed by atoms with Crippen molar-refractivity contribution in [2.45, 2.75) is 18.7 Å². The Balaban J connectivity index is 1.79. The Labute approximate surface area is 161 Å². The van der Waals surface area contributed by atoms with Crippen LogP contribution in [0.3, 0.4) is 0 Å². The monoisotopic (exact) mass is 385 g/mol. The maximum atomic E-state index is 12.6. The lowest BCUT2D eigenvalue weighted by atomic mass is 10.1. The first-order chi connectivity index (χ1) is 12.8. The van der Waals surface area contributed by atoms with Gasteiger partial charge >= 0.3 is 0 Å². The molecule has 0 fully saturated rings. The van der Waals surface area contributed by atoms with Gasteiger partial charge in [0.1, 0.15) is 0 Å². The van der Waals surface area contributed by atoms with Crippen LogP contribution in [-0.2, 0) is 22.8 Å². The summed E-state index contributed by atoms with van der Waals surface area (Å²) in [5.41, 5.74) is 4.17. The van der Waals surface area contributed by atoms with E-state index in [9.17, 15) is 8.42 Å². The molecule has 1 heterocycles. The predicted octanol–water partition coefficient (Wildman–Crippen LogP) is 3.21. The average Bonchev–Trinajstić information content (AvgIpc) is 2.94. The molecular weight excluding hydrogens is 358 g/mol. The fourth-order valence-electron chi connectivity index (χ4n) is 3.37. The van der Waals surface area contributed by atoms with Gasteiger partial charge in [0.25, 0.3) is 0 Å². The van der Waals surface area contributed by atoms with Gasteiger partial charge in [0, 0.05) is 36.7 Å². The van der Waals surface area contributed by atoms with Crippen LogP contribution in [0.5, 0.6) is 0 Å². The van der Waals surface area contributed by atoms with E-state index in [0.717, 1.165) is 27.6 Å². The highest BCUT2D eigenvalue weighted by atomic mass is 32.2. The highest BCUT2D eigenvalue weighted by Crippen LogP contribution is 2.28. The van der Waals surface area contributed by atoms with E-state index in [2.05, 4.69) is 32.5 Å². The molecule has 2 aromatic carbocycles. The van der Waals surface area contributed by atoms with E-state index in [1.54, 1.807) is 0 Å². The summed E-state index contributed by atoms with van der Waals surface area (Å²) in [6.07, 6.45) is 2.09. The molecule has 6 heteroatoms. The number of benzene rings is 2. The maximum Gasteiger partial charge on any atom is 0.215 e. The van der Waals surface area contributed by atoms with Gasteiger partial charge < -0.3 is 9.47 Å². The molecule has 0 saturated heterocycles. The summed E-state index contributed by atoms with van der Waals surface area (Å²) in [6, 6.07) is 15.7. The molecule has 1 unspecified atom stereocenters. The third kappa shape index (κ3) is 4.58. The van der Waals surface area contributed by atoms with Crippen molar-refractivity contribution in [1.29, 1.82) is 0 Å². The number of nitrogens with zero attached hydrogens (tertiary/aromatic N) is 2. The van der Waals surface area contributed by atoms with Gasteiger partial charge in [-0.1, -0.05) is 48.0 Å². The second kappa shape index (κ2) is 7.84. The Bertz CT molecular complexity index is 1020. The van der Waals surface area contributed by atoms with Crippen LogP contribution in [0, 0.1) is 6.92 Å². The summed E-state index contributed by atoms with van der Waals surface area (Å²) in [5.74, 6) is -0.0109. The predicted molar refractivity (Wildman–Crippen MR) is 111 cm³/mol. The average molecular weight is 386 g/mol. The molecule has 0 aliphatic carbocycles. The van der Waals surface area contributed by atoms with Crippen molar-refractivity contribution >= 4 is 20.9 Å². The number of para-hydroxylation sites is 1. The molecule has 1 N–H and O–H groups in total. The second-order valence-corrected chi connectivity index (χ2v) is 9.09. The van der Waals surface area contributed by atoms with Crippen molar-refractivity contribution in [1.82, 2.24) is 14.2 Å². The van der Waals surface area contributed by atoms with Crippen LogP contribution in [0.15, 0.2) is 54.7 Å². The molecule has 0 radical (unpaired) electrons. The van der Waals surface area contributed by atoms with Crippen LogP contribution < -0.4 is 4.72 Å². The SMILES string of the molecule is Cc1ccc(CS(=O)(=O)NCC(c2cn(C)c3ccccc23)N(C)C)cc1. The lowest BCUT2D eigenvalue weighted by Gasteiger charge is -2.24. The summed E-state index contributed by atoms with van der Waals surface area (Å²) >= 11 is 0. The largest absolute Gasteiger partial charge is 0.350 e. The number of likely N-dealkylation sites (N-methyl/N-ethyl adjacent to an activating group) is 1. The van der Waals surface area contributed by atoms with Gasteiger partial charge in [-0.15, -0.1) is 0 Å². The molecule has 5 nitrogen and oxygen atoms in total. The van der Waals surface area contributed by atoms with Crippen LogP contribution in [0.25, 0.3) is 10.9 Å². The van der Waals surface area contributed by atoms with Crippen molar-refractivity contribution in [3.63, 3.8) is 0 Å². The van der Waals surface area contributed by atoms with Gasteiger partial charge in [-0.25, -0.2) is 13.1 Å². The van der Waals surface area contributed by atoms with Crippen molar-refractivity contribution < 1.29 is 8.42 Å². The number of rotatable bonds is 7. The van der Waals surface area contributed by atoms with E-state index in [0.29, 0.717) is 6.54 Å². The molecule has 0 aliphatic rings. The maximum absolute atomic E-state index is 12.6. The molecular formula is C21H27N3O2S. The van der Waals surface area contributed by atoms with Crippen LogP contribution in [-0.4, -0.2) is 38.5 Å². The lowest BCUT2D eigenvalue weighted by Crippen LogP contribution is -2.35. The van der Waals surface area contributed by atoms with Crippen molar-refractivity contribution in [2.24, 2.45) is 7.05 Å². The summed E-state index contributed by atoms with van der Waals surface area (Å²) in [7, 11) is 2.55. The van der Waals surface area contributed by atoms with Crippen molar-refractivity contribution in [3.05, 3.63) is 71.4 Å². The Hall–Kier alpha value is -2.15. The molecule has 144 valence electrons. The zero-order valence-corrected chi connectivity index (χ0v) is 17.1. The van der Waals surface area contributed by atoms with Gasteiger partial charge in [-0.2, -0.15) is 0 Å². The van der Waals surface area contributed by atoms with E-state index >= 15 is 0 Å². The van der Waals surface area contributed by atoms with E-state index in [4.69, 9.17) is 0 Å². The number of aromatic nitrogens is 1. The summed E-state index contributed by atoms with van der Waals surface area (Å²) in [6.45, 7) is 2.32. The fourth-order valence-corrected chi connectivity index (χ4v) is 4.52. The highest BCUT2D eigenvalue weighted by molar-refractivity contribution is 7.88. The third-order valence-corrected chi connectivity index (χ3v) is 6.20. The highest BCUT2D eigenvalue weighted by Gasteiger charge is 2.22. The molecule has 1 atom stereocenters. The molecule has 0 aliphatic heterocycles. The number of aryl methyl sites for hydroxylation is 2. The number of fused-ring (bicyclic) bond motifs is 1. The Morgan fingerprint density at radius 1 is 1.07 bits per heavy atom. The normalized spacial score (nSPS) is 13.4. The van der Waals surface area contributed by atoms with Crippen LogP contribution in [0.2, 0.25) is 0 Å². The number of sulfonamides is 1. The first-order valence-corrected chi connectivity index (χ1v) is 10.7. The molecule has 3 aromatic rings. The van der Waals surface area contributed by atoms with E-state index < -0.39 is 10.0 Å². The van der Waals surface area contributed by atoms with E-state index in [-0.39, 0.29) is 11.8 Å². The van der Waals surface area contributed by atoms with Gasteiger partial charge in [0.05, 0.1) is 5.75 Å². The van der Waals surface area contributed by atoms with E-state index in [1.165, 1.54) is 0 Å². The summed E-state index contributed by atoms with van der Waals surface area (Å²) < 4.78 is 30.0. The molecule has 0 amide bonds. The molecule has 0 bridgehead atoms. The van der Waals surface area contributed by atoms with Crippen LogP contribution >= 0.6 is 0 Å². The molecule has 27 heavy (non-hydrogen) atoms. The first-order valence-electron chi connectivity index (χ1n) is 9.00. The molecule has 3 rings (SSSR count). The first kappa shape index (κ1) is 19.6. The topological polar surface area (TPSA) is 54.3 Å². The van der Waals surface area contributed by atoms with Gasteiger partial charge in [-0.05, 0) is 38.2 Å². The van der Waals surface area contributed by atoms with Gasteiger partial charge in [0.2, 0.25) is 10.0 Å². The fraction of sp³-hybridized carbons (Fsp3) is 0.333. The zero-order valence-electron chi connectivity index (χ0n) is 16.3. The second-order valence-electron chi connectivity index (χ2n) is 7.29. The zero-order chi connectivity index (χ0) is 19.6. The quantitative estimate of drug-likeness (QED) is 0.679. The minimum atomic E-state index is -3.41. The molecule has 0 saturated carbocycles. The van der Waals surface area contributed by atoms with Gasteiger partial charge in [-0.3, -0.25) is 0 Å².